The fourth-order valence-corrected chi connectivity index (χ4v) is 5.61. The van der Waals surface area contributed by atoms with Gasteiger partial charge < -0.3 is 11.5 Å². The van der Waals surface area contributed by atoms with Gasteiger partial charge in [0, 0.05) is 11.4 Å². The Bertz CT molecular complexity index is 1210. The van der Waals surface area contributed by atoms with Gasteiger partial charge in [0.25, 0.3) is 0 Å². The Labute approximate surface area is 242 Å². The van der Waals surface area contributed by atoms with Gasteiger partial charge in [-0.1, -0.05) is 100 Å². The molecule has 0 radical (unpaired) electrons. The summed E-state index contributed by atoms with van der Waals surface area (Å²) >= 11 is 0. The van der Waals surface area contributed by atoms with Gasteiger partial charge in [-0.15, -0.1) is 0 Å². The summed E-state index contributed by atoms with van der Waals surface area (Å²) in [5.74, 6) is 0. The normalized spacial score (nSPS) is 11.2. The van der Waals surface area contributed by atoms with Crippen molar-refractivity contribution in [3.05, 3.63) is 129 Å². The molecule has 0 amide bonds. The molecule has 2 heteroatoms. The Morgan fingerprint density at radius 1 is 0.400 bits per heavy atom. The Morgan fingerprint density at radius 3 is 1.15 bits per heavy atom. The average Bonchev–Trinajstić information content (AvgIpc) is 2.96. The zero-order chi connectivity index (χ0) is 28.2. The van der Waals surface area contributed by atoms with E-state index in [2.05, 4.69) is 86.6 Å². The molecular weight excluding hydrogens is 484 g/mol. The lowest BCUT2D eigenvalue weighted by Crippen LogP contribution is -1.99. The minimum Gasteiger partial charge on any atom is -0.399 e. The van der Waals surface area contributed by atoms with E-state index in [9.17, 15) is 0 Å². The predicted octanol–water partition coefficient (Wildman–Crippen LogP) is 9.28. The third kappa shape index (κ3) is 9.01. The molecule has 0 bridgehead atoms. The number of nitrogen functional groups attached to an aromatic ring is 2. The number of rotatable bonds is 15. The smallest absolute Gasteiger partial charge is 0.0316 e. The van der Waals surface area contributed by atoms with Crippen LogP contribution < -0.4 is 11.5 Å². The molecular formula is C38H48N2. The van der Waals surface area contributed by atoms with Crippen molar-refractivity contribution in [2.45, 2.75) is 90.9 Å². The van der Waals surface area contributed by atoms with Gasteiger partial charge in [-0.3, -0.25) is 0 Å². The second-order valence-corrected chi connectivity index (χ2v) is 11.5. The molecule has 4 rings (SSSR count). The number of anilines is 2. The molecule has 4 aromatic carbocycles. The molecule has 0 fully saturated rings. The van der Waals surface area contributed by atoms with E-state index in [1.165, 1.54) is 83.0 Å². The summed E-state index contributed by atoms with van der Waals surface area (Å²) < 4.78 is 0. The van der Waals surface area contributed by atoms with Crippen LogP contribution in [0.5, 0.6) is 0 Å². The van der Waals surface area contributed by atoms with Gasteiger partial charge in [0.1, 0.15) is 0 Å². The summed E-state index contributed by atoms with van der Waals surface area (Å²) in [4.78, 5) is 0. The fraction of sp³-hybridized carbons (Fsp3) is 0.368. The van der Waals surface area contributed by atoms with Crippen LogP contribution in [0.15, 0.2) is 84.9 Å². The van der Waals surface area contributed by atoms with Gasteiger partial charge in [-0.25, -0.2) is 0 Å². The highest BCUT2D eigenvalue weighted by atomic mass is 14.5. The molecule has 0 aromatic heterocycles. The van der Waals surface area contributed by atoms with Crippen LogP contribution in [0, 0.1) is 0 Å². The first kappa shape index (κ1) is 29.5. The van der Waals surface area contributed by atoms with Gasteiger partial charge in [0.05, 0.1) is 0 Å². The first-order valence-corrected chi connectivity index (χ1v) is 15.4. The molecule has 0 unspecified atom stereocenters. The largest absolute Gasteiger partial charge is 0.399 e. The summed E-state index contributed by atoms with van der Waals surface area (Å²) in [5.41, 5.74) is 25.1. The van der Waals surface area contributed by atoms with Crippen LogP contribution in [0.1, 0.15) is 96.9 Å². The van der Waals surface area contributed by atoms with E-state index in [0.717, 1.165) is 49.9 Å². The average molecular weight is 533 g/mol. The molecule has 4 N–H and O–H groups in total. The van der Waals surface area contributed by atoms with Gasteiger partial charge in [-0.2, -0.15) is 0 Å². The van der Waals surface area contributed by atoms with Crippen molar-refractivity contribution in [3.8, 4) is 0 Å². The van der Waals surface area contributed by atoms with Crippen molar-refractivity contribution in [1.82, 2.24) is 0 Å². The van der Waals surface area contributed by atoms with Gasteiger partial charge in [-0.05, 0) is 120 Å². The van der Waals surface area contributed by atoms with Crippen molar-refractivity contribution in [1.29, 1.82) is 0 Å². The molecule has 4 aromatic rings. The number of nitrogens with two attached hydrogens (primary N) is 2. The molecule has 40 heavy (non-hydrogen) atoms. The highest BCUT2D eigenvalue weighted by Gasteiger charge is 2.07. The maximum atomic E-state index is 6.10. The van der Waals surface area contributed by atoms with Crippen LogP contribution in [-0.2, 0) is 38.5 Å². The Hall–Kier alpha value is -3.52. The molecule has 0 spiro atoms. The lowest BCUT2D eigenvalue weighted by Gasteiger charge is -2.12. The zero-order valence-corrected chi connectivity index (χ0v) is 24.7. The maximum absolute atomic E-state index is 6.10. The minimum atomic E-state index is 0.871. The molecule has 0 heterocycles. The van der Waals surface area contributed by atoms with Crippen molar-refractivity contribution in [3.63, 3.8) is 0 Å². The summed E-state index contributed by atoms with van der Waals surface area (Å²) in [7, 11) is 0. The molecule has 210 valence electrons. The number of aryl methyl sites for hydroxylation is 4. The quantitative estimate of drug-likeness (QED) is 0.118. The molecule has 0 aliphatic carbocycles. The lowest BCUT2D eigenvalue weighted by atomic mass is 9.94. The number of unbranched alkanes of at least 4 members (excludes halogenated alkanes) is 4. The SMILES string of the molecule is CCCCCc1cc(N)ccc1Cc1ccc(CCc2ccc(Cc3ccc(N)cc3CCCCC)cc2)cc1. The van der Waals surface area contributed by atoms with E-state index in [1.807, 2.05) is 12.1 Å². The Kier molecular flexibility index (Phi) is 11.3. The van der Waals surface area contributed by atoms with Crippen molar-refractivity contribution in [2.75, 3.05) is 11.5 Å². The molecule has 0 atom stereocenters. The third-order valence-corrected chi connectivity index (χ3v) is 8.10. The standard InChI is InChI=1S/C38H48N2/c1-3-5-7-9-33-27-37(39)23-21-35(33)25-31-17-13-29(14-18-31)11-12-30-15-19-32(20-16-30)26-36-22-24-38(40)28-34(36)10-8-6-4-2/h13-24,27-28H,3-12,25-26,39-40H2,1-2H3. The number of hydrogen-bond donors (Lipinski definition) is 2. The minimum absolute atomic E-state index is 0.871. The van der Waals surface area contributed by atoms with Crippen LogP contribution in [0.3, 0.4) is 0 Å². The molecule has 2 nitrogen and oxygen atoms in total. The van der Waals surface area contributed by atoms with Crippen LogP contribution in [0.25, 0.3) is 0 Å². The fourth-order valence-electron chi connectivity index (χ4n) is 5.61. The van der Waals surface area contributed by atoms with Crippen LogP contribution in [-0.4, -0.2) is 0 Å². The van der Waals surface area contributed by atoms with Crippen molar-refractivity contribution >= 4 is 11.4 Å². The summed E-state index contributed by atoms with van der Waals surface area (Å²) in [6, 6.07) is 31.3. The number of hydrogen-bond acceptors (Lipinski definition) is 2. The van der Waals surface area contributed by atoms with Crippen LogP contribution in [0.4, 0.5) is 11.4 Å². The van der Waals surface area contributed by atoms with Gasteiger partial charge in [0.2, 0.25) is 0 Å². The second-order valence-electron chi connectivity index (χ2n) is 11.5. The van der Waals surface area contributed by atoms with Gasteiger partial charge >= 0.3 is 0 Å². The van der Waals surface area contributed by atoms with E-state index in [0.29, 0.717) is 0 Å². The monoisotopic (exact) mass is 532 g/mol. The van der Waals surface area contributed by atoms with Crippen LogP contribution in [0.2, 0.25) is 0 Å². The number of benzene rings is 4. The van der Waals surface area contributed by atoms with E-state index >= 15 is 0 Å². The topological polar surface area (TPSA) is 52.0 Å². The van der Waals surface area contributed by atoms with E-state index in [1.54, 1.807) is 0 Å². The molecule has 0 saturated carbocycles. The summed E-state index contributed by atoms with van der Waals surface area (Å²) in [5, 5.41) is 0. The highest BCUT2D eigenvalue weighted by molar-refractivity contribution is 5.47. The Balaban J connectivity index is 1.31. The molecule has 0 aliphatic rings. The zero-order valence-electron chi connectivity index (χ0n) is 24.7. The molecule has 0 saturated heterocycles. The summed E-state index contributed by atoms with van der Waals surface area (Å²) in [6.07, 6.45) is 13.8. The van der Waals surface area contributed by atoms with Gasteiger partial charge in [0.15, 0.2) is 0 Å². The van der Waals surface area contributed by atoms with Crippen molar-refractivity contribution < 1.29 is 0 Å². The van der Waals surface area contributed by atoms with E-state index < -0.39 is 0 Å². The van der Waals surface area contributed by atoms with Crippen LogP contribution >= 0.6 is 0 Å². The third-order valence-electron chi connectivity index (χ3n) is 8.10. The van der Waals surface area contributed by atoms with E-state index in [-0.39, 0.29) is 0 Å². The summed E-state index contributed by atoms with van der Waals surface area (Å²) in [6.45, 7) is 4.51. The Morgan fingerprint density at radius 2 is 0.775 bits per heavy atom. The van der Waals surface area contributed by atoms with Crippen molar-refractivity contribution in [2.24, 2.45) is 0 Å². The highest BCUT2D eigenvalue weighted by Crippen LogP contribution is 2.22. The predicted molar refractivity (Wildman–Crippen MR) is 174 cm³/mol. The lowest BCUT2D eigenvalue weighted by molar-refractivity contribution is 0.714. The molecule has 0 aliphatic heterocycles. The first-order valence-electron chi connectivity index (χ1n) is 15.4. The maximum Gasteiger partial charge on any atom is 0.0316 e. The second kappa shape index (κ2) is 15.3. The first-order chi connectivity index (χ1) is 19.5. The van der Waals surface area contributed by atoms with E-state index in [4.69, 9.17) is 11.5 Å².